The van der Waals surface area contributed by atoms with E-state index in [1.807, 2.05) is 0 Å². The van der Waals surface area contributed by atoms with Gasteiger partial charge in [0.1, 0.15) is 5.75 Å². The molecule has 4 nitrogen and oxygen atoms in total. The lowest BCUT2D eigenvalue weighted by Gasteiger charge is -2.12. The van der Waals surface area contributed by atoms with Gasteiger partial charge in [-0.05, 0) is 37.5 Å². The van der Waals surface area contributed by atoms with E-state index in [1.165, 1.54) is 0 Å². The minimum atomic E-state index is 0.0147. The van der Waals surface area contributed by atoms with Crippen molar-refractivity contribution in [3.63, 3.8) is 0 Å². The van der Waals surface area contributed by atoms with E-state index >= 15 is 0 Å². The van der Waals surface area contributed by atoms with Crippen LogP contribution in [0.15, 0.2) is 18.2 Å². The number of hydrogen-bond donors (Lipinski definition) is 2. The first-order valence-corrected chi connectivity index (χ1v) is 6.38. The number of nitrogens with one attached hydrogen (secondary N) is 1. The van der Waals surface area contributed by atoms with Crippen LogP contribution in [0.5, 0.6) is 5.75 Å². The Balaban J connectivity index is 2.01. The molecule has 1 aliphatic carbocycles. The first-order chi connectivity index (χ1) is 8.60. The Morgan fingerprint density at radius 2 is 2.28 bits per heavy atom. The molecule has 1 aliphatic rings. The Morgan fingerprint density at radius 3 is 2.83 bits per heavy atom. The van der Waals surface area contributed by atoms with Crippen molar-refractivity contribution in [2.24, 2.45) is 11.7 Å². The van der Waals surface area contributed by atoms with Gasteiger partial charge in [0.2, 0.25) is 5.91 Å². The van der Waals surface area contributed by atoms with E-state index in [9.17, 15) is 4.79 Å². The summed E-state index contributed by atoms with van der Waals surface area (Å²) in [6.45, 7) is 0. The molecule has 2 atom stereocenters. The van der Waals surface area contributed by atoms with E-state index in [0.717, 1.165) is 19.3 Å². The van der Waals surface area contributed by atoms with Crippen molar-refractivity contribution in [2.75, 3.05) is 12.4 Å². The number of carbonyl (C=O) groups excluding carboxylic acids is 1. The molecule has 3 N–H and O–H groups in total. The van der Waals surface area contributed by atoms with E-state index in [1.54, 1.807) is 25.3 Å². The van der Waals surface area contributed by atoms with Gasteiger partial charge >= 0.3 is 0 Å². The highest BCUT2D eigenvalue weighted by Crippen LogP contribution is 2.29. The molecular formula is C13H17ClN2O2. The summed E-state index contributed by atoms with van der Waals surface area (Å²) in [5.74, 6) is 0.627. The Labute approximate surface area is 111 Å². The average Bonchev–Trinajstić information content (AvgIpc) is 2.76. The number of anilines is 1. The molecule has 5 heteroatoms. The van der Waals surface area contributed by atoms with E-state index in [4.69, 9.17) is 22.1 Å². The van der Waals surface area contributed by atoms with Crippen LogP contribution in [0.1, 0.15) is 19.3 Å². The van der Waals surface area contributed by atoms with E-state index in [-0.39, 0.29) is 17.9 Å². The lowest BCUT2D eigenvalue weighted by molar-refractivity contribution is -0.119. The van der Waals surface area contributed by atoms with Crippen molar-refractivity contribution in [1.82, 2.24) is 0 Å². The number of amides is 1. The molecule has 98 valence electrons. The molecular weight excluding hydrogens is 252 g/mol. The van der Waals surface area contributed by atoms with Gasteiger partial charge in [-0.3, -0.25) is 4.79 Å². The lowest BCUT2D eigenvalue weighted by Crippen LogP contribution is -2.23. The summed E-state index contributed by atoms with van der Waals surface area (Å²) in [7, 11) is 1.55. The largest absolute Gasteiger partial charge is 0.495 e. The maximum atomic E-state index is 12.0. The third-order valence-corrected chi connectivity index (χ3v) is 3.56. The van der Waals surface area contributed by atoms with Crippen molar-refractivity contribution in [2.45, 2.75) is 25.3 Å². The van der Waals surface area contributed by atoms with Gasteiger partial charge in [0.05, 0.1) is 12.1 Å². The van der Waals surface area contributed by atoms with Crippen LogP contribution in [0, 0.1) is 5.92 Å². The van der Waals surface area contributed by atoms with Gasteiger partial charge < -0.3 is 15.8 Å². The van der Waals surface area contributed by atoms with Crippen LogP contribution < -0.4 is 15.8 Å². The molecule has 1 aromatic carbocycles. The molecule has 1 saturated carbocycles. The van der Waals surface area contributed by atoms with Gasteiger partial charge in [0.25, 0.3) is 0 Å². The van der Waals surface area contributed by atoms with E-state index in [2.05, 4.69) is 5.32 Å². The van der Waals surface area contributed by atoms with Gasteiger partial charge in [0, 0.05) is 17.6 Å². The number of rotatable bonds is 3. The number of benzene rings is 1. The summed E-state index contributed by atoms with van der Waals surface area (Å²) in [5, 5.41) is 3.35. The van der Waals surface area contributed by atoms with E-state index in [0.29, 0.717) is 16.5 Å². The Bertz CT molecular complexity index is 451. The molecule has 1 amide bonds. The number of hydrogen-bond acceptors (Lipinski definition) is 3. The van der Waals surface area contributed by atoms with Crippen LogP contribution in [0.4, 0.5) is 5.69 Å². The number of ether oxygens (including phenoxy) is 1. The zero-order valence-electron chi connectivity index (χ0n) is 10.3. The van der Waals surface area contributed by atoms with Gasteiger partial charge in [-0.25, -0.2) is 0 Å². The second kappa shape index (κ2) is 5.59. The molecule has 1 aromatic rings. The molecule has 0 radical (unpaired) electrons. The van der Waals surface area contributed by atoms with Crippen LogP contribution in [0.2, 0.25) is 5.02 Å². The summed E-state index contributed by atoms with van der Waals surface area (Å²) < 4.78 is 5.06. The minimum absolute atomic E-state index is 0.0147. The standard InChI is InChI=1S/C13H17ClN2O2/c1-18-12-5-4-10(7-11(12)14)16-13(17)8-2-3-9(15)6-8/h4-5,7-9H,2-3,6,15H2,1H3,(H,16,17). The smallest absolute Gasteiger partial charge is 0.227 e. The lowest BCUT2D eigenvalue weighted by atomic mass is 10.1. The second-order valence-electron chi connectivity index (χ2n) is 4.61. The molecule has 2 rings (SSSR count). The van der Waals surface area contributed by atoms with Gasteiger partial charge in [-0.15, -0.1) is 0 Å². The monoisotopic (exact) mass is 268 g/mol. The average molecular weight is 269 g/mol. The number of carbonyl (C=O) groups is 1. The highest BCUT2D eigenvalue weighted by Gasteiger charge is 2.27. The zero-order valence-corrected chi connectivity index (χ0v) is 11.0. The summed E-state index contributed by atoms with van der Waals surface area (Å²) in [5.41, 5.74) is 6.49. The normalized spacial score (nSPS) is 22.8. The number of halogens is 1. The fourth-order valence-corrected chi connectivity index (χ4v) is 2.50. The Kier molecular flexibility index (Phi) is 4.09. The minimum Gasteiger partial charge on any atom is -0.495 e. The van der Waals surface area contributed by atoms with Crippen LogP contribution >= 0.6 is 11.6 Å². The first-order valence-electron chi connectivity index (χ1n) is 6.00. The molecule has 1 fully saturated rings. The Hall–Kier alpha value is -1.26. The Morgan fingerprint density at radius 1 is 1.50 bits per heavy atom. The zero-order chi connectivity index (χ0) is 13.1. The molecule has 0 spiro atoms. The summed E-state index contributed by atoms with van der Waals surface area (Å²) in [6.07, 6.45) is 2.54. The predicted molar refractivity (Wildman–Crippen MR) is 72.0 cm³/mol. The molecule has 0 saturated heterocycles. The first kappa shape index (κ1) is 13.2. The molecule has 0 aromatic heterocycles. The third-order valence-electron chi connectivity index (χ3n) is 3.26. The summed E-state index contributed by atoms with van der Waals surface area (Å²) >= 11 is 6.00. The maximum Gasteiger partial charge on any atom is 0.227 e. The fraction of sp³-hybridized carbons (Fsp3) is 0.462. The second-order valence-corrected chi connectivity index (χ2v) is 5.02. The quantitative estimate of drug-likeness (QED) is 0.885. The number of nitrogens with two attached hydrogens (primary N) is 1. The number of methoxy groups -OCH3 is 1. The fourth-order valence-electron chi connectivity index (χ4n) is 2.24. The topological polar surface area (TPSA) is 64.3 Å². The molecule has 18 heavy (non-hydrogen) atoms. The predicted octanol–water partition coefficient (Wildman–Crippen LogP) is 2.41. The van der Waals surface area contributed by atoms with Gasteiger partial charge in [0.15, 0.2) is 0 Å². The van der Waals surface area contributed by atoms with Gasteiger partial charge in [-0.2, -0.15) is 0 Å². The molecule has 0 bridgehead atoms. The highest BCUT2D eigenvalue weighted by atomic mass is 35.5. The van der Waals surface area contributed by atoms with Crippen LogP contribution in [-0.2, 0) is 4.79 Å². The van der Waals surface area contributed by atoms with Crippen molar-refractivity contribution >= 4 is 23.2 Å². The molecule has 0 aliphatic heterocycles. The molecule has 2 unspecified atom stereocenters. The third kappa shape index (κ3) is 2.94. The van der Waals surface area contributed by atoms with Gasteiger partial charge in [-0.1, -0.05) is 11.6 Å². The van der Waals surface area contributed by atoms with E-state index < -0.39 is 0 Å². The summed E-state index contributed by atoms with van der Waals surface area (Å²) in [4.78, 5) is 12.0. The van der Waals surface area contributed by atoms with Crippen LogP contribution in [0.25, 0.3) is 0 Å². The SMILES string of the molecule is COc1ccc(NC(=O)C2CCC(N)C2)cc1Cl. The summed E-state index contributed by atoms with van der Waals surface area (Å²) in [6, 6.07) is 5.35. The molecule has 0 heterocycles. The van der Waals surface area contributed by atoms with Crippen molar-refractivity contribution in [3.05, 3.63) is 23.2 Å². The van der Waals surface area contributed by atoms with Crippen molar-refractivity contribution < 1.29 is 9.53 Å². The van der Waals surface area contributed by atoms with Crippen molar-refractivity contribution in [3.8, 4) is 5.75 Å². The van der Waals surface area contributed by atoms with Crippen molar-refractivity contribution in [1.29, 1.82) is 0 Å². The van der Waals surface area contributed by atoms with Crippen LogP contribution in [0.3, 0.4) is 0 Å². The maximum absolute atomic E-state index is 12.0. The highest BCUT2D eigenvalue weighted by molar-refractivity contribution is 6.32. The van der Waals surface area contributed by atoms with Crippen LogP contribution in [-0.4, -0.2) is 19.1 Å².